The summed E-state index contributed by atoms with van der Waals surface area (Å²) in [6.45, 7) is 11.5. The van der Waals surface area contributed by atoms with Gasteiger partial charge in [-0.15, -0.1) is 0 Å². The number of nitrogens with zero attached hydrogens (tertiary/aromatic N) is 2. The SMILES string of the molecule is Cc1cccc(NC(=S)N(CCN2CCOCC2)Cc2cc3ccc(C)c(C)c3[nH]c2=O)c1. The fourth-order valence-corrected chi connectivity index (χ4v) is 4.43. The van der Waals surface area contributed by atoms with E-state index in [1.54, 1.807) is 0 Å². The highest BCUT2D eigenvalue weighted by molar-refractivity contribution is 7.80. The second kappa shape index (κ2) is 10.5. The molecule has 0 spiro atoms. The van der Waals surface area contributed by atoms with Gasteiger partial charge in [0, 0.05) is 37.4 Å². The lowest BCUT2D eigenvalue weighted by Crippen LogP contribution is -2.44. The van der Waals surface area contributed by atoms with Crippen LogP contribution in [-0.2, 0) is 11.3 Å². The Kier molecular flexibility index (Phi) is 7.42. The first kappa shape index (κ1) is 23.4. The van der Waals surface area contributed by atoms with Crippen molar-refractivity contribution in [3.8, 4) is 0 Å². The van der Waals surface area contributed by atoms with E-state index in [-0.39, 0.29) is 5.56 Å². The van der Waals surface area contributed by atoms with Crippen molar-refractivity contribution in [3.63, 3.8) is 0 Å². The van der Waals surface area contributed by atoms with Gasteiger partial charge in [-0.1, -0.05) is 24.3 Å². The predicted molar refractivity (Wildman–Crippen MR) is 139 cm³/mol. The summed E-state index contributed by atoms with van der Waals surface area (Å²) >= 11 is 5.80. The lowest BCUT2D eigenvalue weighted by atomic mass is 10.0. The Hall–Kier alpha value is -2.74. The van der Waals surface area contributed by atoms with Gasteiger partial charge in [-0.2, -0.15) is 0 Å². The fourth-order valence-electron chi connectivity index (χ4n) is 4.16. The maximum absolute atomic E-state index is 13.0. The maximum Gasteiger partial charge on any atom is 0.253 e. The summed E-state index contributed by atoms with van der Waals surface area (Å²) in [5.74, 6) is 0. The van der Waals surface area contributed by atoms with Gasteiger partial charge in [-0.05, 0) is 73.3 Å². The third kappa shape index (κ3) is 5.79. The maximum atomic E-state index is 13.0. The smallest absolute Gasteiger partial charge is 0.253 e. The van der Waals surface area contributed by atoms with E-state index in [2.05, 4.69) is 58.2 Å². The third-order valence-corrected chi connectivity index (χ3v) is 6.70. The predicted octanol–water partition coefficient (Wildman–Crippen LogP) is 3.98. The van der Waals surface area contributed by atoms with Gasteiger partial charge in [0.15, 0.2) is 5.11 Å². The molecule has 0 amide bonds. The Balaban J connectivity index is 1.58. The molecule has 174 valence electrons. The van der Waals surface area contributed by atoms with Gasteiger partial charge < -0.3 is 19.9 Å². The van der Waals surface area contributed by atoms with Crippen molar-refractivity contribution in [3.05, 3.63) is 75.1 Å². The first-order chi connectivity index (χ1) is 15.9. The molecule has 4 rings (SSSR count). The molecule has 2 heterocycles. The van der Waals surface area contributed by atoms with Crippen LogP contribution in [0.25, 0.3) is 10.9 Å². The first-order valence-corrected chi connectivity index (χ1v) is 11.9. The fraction of sp³-hybridized carbons (Fsp3) is 0.385. The topological polar surface area (TPSA) is 60.6 Å². The summed E-state index contributed by atoms with van der Waals surface area (Å²) in [6, 6.07) is 14.3. The molecule has 1 saturated heterocycles. The molecule has 2 aromatic carbocycles. The van der Waals surface area contributed by atoms with Crippen LogP contribution >= 0.6 is 12.2 Å². The van der Waals surface area contributed by atoms with Crippen LogP contribution < -0.4 is 10.9 Å². The number of anilines is 1. The number of nitrogens with one attached hydrogen (secondary N) is 2. The molecule has 0 atom stereocenters. The zero-order valence-corrected chi connectivity index (χ0v) is 20.4. The van der Waals surface area contributed by atoms with E-state index < -0.39 is 0 Å². The molecule has 1 aliphatic heterocycles. The summed E-state index contributed by atoms with van der Waals surface area (Å²) in [4.78, 5) is 20.6. The first-order valence-electron chi connectivity index (χ1n) is 11.5. The molecule has 0 aliphatic carbocycles. The molecule has 0 unspecified atom stereocenters. The lowest BCUT2D eigenvalue weighted by molar-refractivity contribution is 0.0358. The van der Waals surface area contributed by atoms with Crippen LogP contribution in [0, 0.1) is 20.8 Å². The Labute approximate surface area is 200 Å². The van der Waals surface area contributed by atoms with E-state index in [4.69, 9.17) is 17.0 Å². The van der Waals surface area contributed by atoms with E-state index in [1.165, 1.54) is 11.1 Å². The number of thiocarbonyl (C=S) groups is 1. The van der Waals surface area contributed by atoms with Crippen molar-refractivity contribution in [1.29, 1.82) is 0 Å². The minimum Gasteiger partial charge on any atom is -0.379 e. The molecule has 1 aliphatic rings. The van der Waals surface area contributed by atoms with Gasteiger partial charge in [0.25, 0.3) is 5.56 Å². The second-order valence-corrected chi connectivity index (χ2v) is 9.16. The monoisotopic (exact) mass is 464 g/mol. The van der Waals surface area contributed by atoms with E-state index in [9.17, 15) is 4.79 Å². The summed E-state index contributed by atoms with van der Waals surface area (Å²) in [5, 5.41) is 5.03. The number of hydrogen-bond donors (Lipinski definition) is 2. The van der Waals surface area contributed by atoms with E-state index in [1.807, 2.05) is 25.1 Å². The van der Waals surface area contributed by atoms with Crippen molar-refractivity contribution < 1.29 is 4.74 Å². The van der Waals surface area contributed by atoms with Crippen LogP contribution in [0.2, 0.25) is 0 Å². The molecule has 1 fully saturated rings. The largest absolute Gasteiger partial charge is 0.379 e. The van der Waals surface area contributed by atoms with Crippen molar-refractivity contribution in [2.24, 2.45) is 0 Å². The van der Waals surface area contributed by atoms with Gasteiger partial charge in [-0.3, -0.25) is 9.69 Å². The van der Waals surface area contributed by atoms with Gasteiger partial charge in [0.2, 0.25) is 0 Å². The van der Waals surface area contributed by atoms with Gasteiger partial charge in [-0.25, -0.2) is 0 Å². The molecule has 7 heteroatoms. The minimum atomic E-state index is -0.0640. The molecule has 2 N–H and O–H groups in total. The molecule has 33 heavy (non-hydrogen) atoms. The molecule has 3 aromatic rings. The number of hydrogen-bond acceptors (Lipinski definition) is 4. The Morgan fingerprint density at radius 2 is 1.94 bits per heavy atom. The number of aryl methyl sites for hydroxylation is 3. The number of pyridine rings is 1. The number of fused-ring (bicyclic) bond motifs is 1. The highest BCUT2D eigenvalue weighted by Gasteiger charge is 2.17. The van der Waals surface area contributed by atoms with Crippen LogP contribution in [-0.4, -0.2) is 59.3 Å². The van der Waals surface area contributed by atoms with Crippen molar-refractivity contribution >= 4 is 33.9 Å². The number of aromatic nitrogens is 1. The number of ether oxygens (including phenoxy) is 1. The zero-order chi connectivity index (χ0) is 23.4. The molecular formula is C26H32N4O2S. The zero-order valence-electron chi connectivity index (χ0n) is 19.6. The summed E-state index contributed by atoms with van der Waals surface area (Å²) < 4.78 is 5.48. The Morgan fingerprint density at radius 1 is 1.15 bits per heavy atom. The van der Waals surface area contributed by atoms with E-state index in [0.29, 0.717) is 17.2 Å². The molecular weight excluding hydrogens is 432 g/mol. The number of benzene rings is 2. The van der Waals surface area contributed by atoms with Crippen LogP contribution in [0.1, 0.15) is 22.3 Å². The van der Waals surface area contributed by atoms with Crippen molar-refractivity contribution in [2.75, 3.05) is 44.7 Å². The normalized spacial score (nSPS) is 14.4. The quantitative estimate of drug-likeness (QED) is 0.538. The van der Waals surface area contributed by atoms with Gasteiger partial charge in [0.1, 0.15) is 0 Å². The van der Waals surface area contributed by atoms with Crippen LogP contribution in [0.3, 0.4) is 0 Å². The van der Waals surface area contributed by atoms with Crippen molar-refractivity contribution in [1.82, 2.24) is 14.8 Å². The third-order valence-electron chi connectivity index (χ3n) is 6.34. The van der Waals surface area contributed by atoms with Crippen LogP contribution in [0.5, 0.6) is 0 Å². The minimum absolute atomic E-state index is 0.0640. The van der Waals surface area contributed by atoms with Crippen LogP contribution in [0.4, 0.5) is 5.69 Å². The summed E-state index contributed by atoms with van der Waals surface area (Å²) in [7, 11) is 0. The number of morpholine rings is 1. The Morgan fingerprint density at radius 3 is 2.70 bits per heavy atom. The van der Waals surface area contributed by atoms with Crippen LogP contribution in [0.15, 0.2) is 47.3 Å². The average molecular weight is 465 g/mol. The van der Waals surface area contributed by atoms with Crippen molar-refractivity contribution in [2.45, 2.75) is 27.3 Å². The van der Waals surface area contributed by atoms with E-state index >= 15 is 0 Å². The Bertz CT molecular complexity index is 1200. The number of H-pyrrole nitrogens is 1. The highest BCUT2D eigenvalue weighted by atomic mass is 32.1. The second-order valence-electron chi connectivity index (χ2n) is 8.77. The molecule has 0 bridgehead atoms. The summed E-state index contributed by atoms with van der Waals surface area (Å²) in [6.07, 6.45) is 0. The molecule has 6 nitrogen and oxygen atoms in total. The van der Waals surface area contributed by atoms with Gasteiger partial charge >= 0.3 is 0 Å². The van der Waals surface area contributed by atoms with E-state index in [0.717, 1.165) is 61.5 Å². The number of rotatable bonds is 6. The molecule has 0 radical (unpaired) electrons. The molecule has 0 saturated carbocycles. The average Bonchev–Trinajstić information content (AvgIpc) is 2.80. The van der Waals surface area contributed by atoms with Gasteiger partial charge in [0.05, 0.1) is 25.3 Å². The summed E-state index contributed by atoms with van der Waals surface area (Å²) in [5.41, 5.74) is 5.95. The molecule has 1 aromatic heterocycles. The highest BCUT2D eigenvalue weighted by Crippen LogP contribution is 2.20. The lowest BCUT2D eigenvalue weighted by Gasteiger charge is -2.31. The standard InChI is InChI=1S/C26H32N4O2S/c1-18-5-4-6-23(15-18)27-26(33)30(10-9-29-11-13-32-14-12-29)17-22-16-21-8-7-19(2)20(3)24(21)28-25(22)31/h4-8,15-16H,9-14,17H2,1-3H3,(H,27,33)(H,28,31). The number of aromatic amines is 1.